The van der Waals surface area contributed by atoms with E-state index in [9.17, 15) is 26.3 Å². The molecule has 6 nitrogen and oxygen atoms in total. The molecular weight excluding hydrogens is 610 g/mol. The Hall–Kier alpha value is -4.22. The standard InChI is InChI=1S/C34H34F6N4O2/c35-33(36,37)31(18-25(41)9-11-43-31)45-27-5-1-23(2-6-27)29-14-21-13-22(15-29)17-30(16-21,20-29)24-3-7-28(8-4-24)46-32(34(38,39)40)19-26(42)10-12-44-32/h1-12,18-19,21-22,43-44H,13-17,20,41-42H2. The minimum absolute atomic E-state index is 0.0548. The number of rotatable bonds is 6. The van der Waals surface area contributed by atoms with Crippen molar-refractivity contribution in [1.82, 2.24) is 10.6 Å². The SMILES string of the molecule is NC1=CC(Oc2ccc(C34CC5CC(C3)CC(c3ccc(OC6(C(F)(F)F)C=C(N)C=CN6)cc3)(C5)C4)cc2)(C(F)(F)F)NC=C1. The van der Waals surface area contributed by atoms with Gasteiger partial charge in [-0.15, -0.1) is 0 Å². The molecule has 0 radical (unpaired) electrons. The second kappa shape index (κ2) is 10.1. The highest BCUT2D eigenvalue weighted by Gasteiger charge is 2.60. The predicted molar refractivity (Wildman–Crippen MR) is 159 cm³/mol. The van der Waals surface area contributed by atoms with Crippen LogP contribution in [0.5, 0.6) is 11.5 Å². The van der Waals surface area contributed by atoms with Crippen LogP contribution in [0.15, 0.2) is 96.6 Å². The van der Waals surface area contributed by atoms with Gasteiger partial charge >= 0.3 is 12.4 Å². The largest absolute Gasteiger partial charge is 0.455 e. The quantitative estimate of drug-likeness (QED) is 0.263. The minimum Gasteiger partial charge on any atom is -0.455 e. The number of allylic oxidation sites excluding steroid dienone is 2. The molecule has 4 fully saturated rings. The van der Waals surface area contributed by atoms with Gasteiger partial charge in [-0.05, 0) is 109 Å². The molecule has 6 aliphatic rings. The maximum Gasteiger partial charge on any atom is 0.452 e. The Morgan fingerprint density at radius 3 is 1.30 bits per heavy atom. The number of nitrogens with two attached hydrogens (primary N) is 2. The Bertz CT molecular complexity index is 1500. The summed E-state index contributed by atoms with van der Waals surface area (Å²) < 4.78 is 95.5. The van der Waals surface area contributed by atoms with Crippen molar-refractivity contribution in [3.63, 3.8) is 0 Å². The third-order valence-electron chi connectivity index (χ3n) is 10.3. The molecule has 0 spiro atoms. The fourth-order valence-electron chi connectivity index (χ4n) is 8.80. The van der Waals surface area contributed by atoms with Gasteiger partial charge in [0.05, 0.1) is 0 Å². The van der Waals surface area contributed by atoms with E-state index < -0.39 is 23.8 Å². The van der Waals surface area contributed by atoms with Crippen LogP contribution >= 0.6 is 0 Å². The number of halogens is 6. The summed E-state index contributed by atoms with van der Waals surface area (Å²) in [5.41, 5.74) is 7.46. The van der Waals surface area contributed by atoms with E-state index in [1.165, 1.54) is 12.2 Å². The van der Waals surface area contributed by atoms with Crippen molar-refractivity contribution < 1.29 is 35.8 Å². The number of benzene rings is 2. The number of hydrogen-bond donors (Lipinski definition) is 4. The molecule has 2 aromatic rings. The van der Waals surface area contributed by atoms with Crippen molar-refractivity contribution in [2.75, 3.05) is 0 Å². The minimum atomic E-state index is -4.77. The van der Waals surface area contributed by atoms with Gasteiger partial charge in [-0.25, -0.2) is 0 Å². The monoisotopic (exact) mass is 644 g/mol. The van der Waals surface area contributed by atoms with Crippen molar-refractivity contribution in [3.05, 3.63) is 108 Å². The van der Waals surface area contributed by atoms with Gasteiger partial charge in [0, 0.05) is 35.9 Å². The summed E-state index contributed by atoms with van der Waals surface area (Å²) in [5, 5.41) is 4.54. The molecule has 4 aliphatic carbocycles. The maximum absolute atomic E-state index is 14.1. The van der Waals surface area contributed by atoms with E-state index >= 15 is 0 Å². The fourth-order valence-corrected chi connectivity index (χ4v) is 8.80. The van der Waals surface area contributed by atoms with Crippen LogP contribution in [-0.2, 0) is 10.8 Å². The van der Waals surface area contributed by atoms with E-state index in [1.807, 2.05) is 24.3 Å². The first kappa shape index (κ1) is 30.4. The third kappa shape index (κ3) is 4.96. The van der Waals surface area contributed by atoms with Crippen molar-refractivity contribution in [3.8, 4) is 11.5 Å². The van der Waals surface area contributed by atoms with Gasteiger partial charge in [-0.1, -0.05) is 24.3 Å². The summed E-state index contributed by atoms with van der Waals surface area (Å²) >= 11 is 0. The Morgan fingerprint density at radius 1 is 0.609 bits per heavy atom. The van der Waals surface area contributed by atoms with E-state index in [4.69, 9.17) is 20.9 Å². The molecule has 2 aliphatic heterocycles. The van der Waals surface area contributed by atoms with E-state index in [0.717, 1.165) is 74.2 Å². The summed E-state index contributed by atoms with van der Waals surface area (Å²) in [5.74, 6) is 1.04. The molecule has 6 N–H and O–H groups in total. The Kier molecular flexibility index (Phi) is 6.71. The topological polar surface area (TPSA) is 94.6 Å². The van der Waals surface area contributed by atoms with Gasteiger partial charge in [0.2, 0.25) is 0 Å². The van der Waals surface area contributed by atoms with Crippen LogP contribution in [0, 0.1) is 11.8 Å². The normalized spacial score (nSPS) is 34.7. The Morgan fingerprint density at radius 2 is 0.978 bits per heavy atom. The van der Waals surface area contributed by atoms with E-state index in [1.54, 1.807) is 24.3 Å². The van der Waals surface area contributed by atoms with Crippen LogP contribution in [0.1, 0.15) is 49.7 Å². The fraction of sp³-hybridized carbons (Fsp3) is 0.412. The first-order valence-corrected chi connectivity index (χ1v) is 15.2. The zero-order chi connectivity index (χ0) is 32.6. The van der Waals surface area contributed by atoms with Gasteiger partial charge in [0.1, 0.15) is 11.5 Å². The lowest BCUT2D eigenvalue weighted by Crippen LogP contribution is -2.59. The second-order valence-electron chi connectivity index (χ2n) is 13.5. The lowest BCUT2D eigenvalue weighted by Gasteiger charge is -2.62. The average Bonchev–Trinajstić information content (AvgIpc) is 2.96. The molecule has 12 heteroatoms. The average molecular weight is 645 g/mol. The molecule has 2 unspecified atom stereocenters. The van der Waals surface area contributed by atoms with Gasteiger partial charge in [0.25, 0.3) is 11.4 Å². The summed E-state index contributed by atoms with van der Waals surface area (Å²) in [6, 6.07) is 13.8. The summed E-state index contributed by atoms with van der Waals surface area (Å²) in [6.07, 6.45) is 2.87. The van der Waals surface area contributed by atoms with Crippen LogP contribution in [0.4, 0.5) is 26.3 Å². The molecule has 0 amide bonds. The molecule has 0 saturated heterocycles. The summed E-state index contributed by atoms with van der Waals surface area (Å²) in [4.78, 5) is 0. The molecule has 0 aromatic heterocycles. The lowest BCUT2D eigenvalue weighted by molar-refractivity contribution is -0.237. The van der Waals surface area contributed by atoms with Crippen LogP contribution in [0.25, 0.3) is 0 Å². The number of alkyl halides is 6. The molecule has 8 rings (SSSR count). The van der Waals surface area contributed by atoms with Crippen LogP contribution in [0.2, 0.25) is 0 Å². The Balaban J connectivity index is 1.14. The zero-order valence-electron chi connectivity index (χ0n) is 24.7. The highest BCUT2D eigenvalue weighted by molar-refractivity contribution is 5.42. The number of dihydropyridines is 2. The Labute approximate surface area is 262 Å². The number of hydrogen-bond acceptors (Lipinski definition) is 6. The first-order chi connectivity index (χ1) is 21.6. The highest BCUT2D eigenvalue weighted by atomic mass is 19.4. The summed E-state index contributed by atoms with van der Waals surface area (Å²) in [7, 11) is 0. The van der Waals surface area contributed by atoms with Gasteiger partial charge in [0.15, 0.2) is 0 Å². The first-order valence-electron chi connectivity index (χ1n) is 15.2. The predicted octanol–water partition coefficient (Wildman–Crippen LogP) is 6.67. The van der Waals surface area contributed by atoms with Gasteiger partial charge < -0.3 is 31.6 Å². The second-order valence-corrected chi connectivity index (χ2v) is 13.5. The highest BCUT2D eigenvalue weighted by Crippen LogP contribution is 2.66. The number of ether oxygens (including phenoxy) is 2. The molecule has 2 aromatic carbocycles. The smallest absolute Gasteiger partial charge is 0.452 e. The van der Waals surface area contributed by atoms with Crippen LogP contribution < -0.4 is 31.6 Å². The van der Waals surface area contributed by atoms with Crippen LogP contribution in [-0.4, -0.2) is 23.8 Å². The zero-order valence-corrected chi connectivity index (χ0v) is 24.7. The summed E-state index contributed by atoms with van der Waals surface area (Å²) in [6.45, 7) is 0. The van der Waals surface area contributed by atoms with Crippen molar-refractivity contribution >= 4 is 0 Å². The van der Waals surface area contributed by atoms with Gasteiger partial charge in [-0.2, -0.15) is 26.3 Å². The van der Waals surface area contributed by atoms with Crippen molar-refractivity contribution in [2.45, 2.75) is 73.2 Å². The third-order valence-corrected chi connectivity index (χ3v) is 10.3. The van der Waals surface area contributed by atoms with E-state index in [-0.39, 0.29) is 33.7 Å². The van der Waals surface area contributed by atoms with E-state index in [2.05, 4.69) is 10.6 Å². The molecule has 244 valence electrons. The molecule has 4 saturated carbocycles. The molecule has 2 heterocycles. The van der Waals surface area contributed by atoms with Crippen LogP contribution in [0.3, 0.4) is 0 Å². The maximum atomic E-state index is 14.1. The molecular formula is C34H34F6N4O2. The lowest BCUT2D eigenvalue weighted by atomic mass is 9.42. The molecule has 46 heavy (non-hydrogen) atoms. The number of nitrogens with one attached hydrogen (secondary N) is 2. The van der Waals surface area contributed by atoms with Crippen molar-refractivity contribution in [2.24, 2.45) is 23.3 Å². The van der Waals surface area contributed by atoms with Gasteiger partial charge in [-0.3, -0.25) is 0 Å². The van der Waals surface area contributed by atoms with E-state index in [0.29, 0.717) is 11.8 Å². The van der Waals surface area contributed by atoms with Crippen molar-refractivity contribution in [1.29, 1.82) is 0 Å². The molecule has 4 bridgehead atoms. The molecule has 2 atom stereocenters.